The molecule has 54 heavy (non-hydrogen) atoms. The highest BCUT2D eigenvalue weighted by atomic mass is 16.5. The van der Waals surface area contributed by atoms with Gasteiger partial charge in [-0.15, -0.1) is 0 Å². The molecule has 5 atom stereocenters. The van der Waals surface area contributed by atoms with E-state index < -0.39 is 29.7 Å². The Hall–Kier alpha value is -5.88. The van der Waals surface area contributed by atoms with Gasteiger partial charge in [-0.1, -0.05) is 58.0 Å². The lowest BCUT2D eigenvalue weighted by Gasteiger charge is -2.28. The predicted octanol–water partition coefficient (Wildman–Crippen LogP) is 6.91. The highest BCUT2D eigenvalue weighted by Gasteiger charge is 2.61. The van der Waals surface area contributed by atoms with Crippen molar-refractivity contribution in [1.29, 1.82) is 0 Å². The van der Waals surface area contributed by atoms with Crippen molar-refractivity contribution in [3.05, 3.63) is 89.3 Å². The van der Waals surface area contributed by atoms with Gasteiger partial charge in [0.1, 0.15) is 29.1 Å². The Bertz CT molecular complexity index is 2540. The maximum Gasteiger partial charge on any atom is 0.249 e. The SMILES string of the molecule is COc1ccc2c3c(c[nH]c13)-c1cnc(o1)-c1nc3oc1C14c5cc(ccc5O[C@@H]1Nc1c-2cccc14)CC(CC(=O)[C@@H](O)C(C)C)C(=O)N[C@H]3C(C)C. The van der Waals surface area contributed by atoms with E-state index in [1.165, 1.54) is 0 Å². The van der Waals surface area contributed by atoms with Crippen molar-refractivity contribution in [2.75, 3.05) is 12.4 Å². The number of ether oxygens (including phenoxy) is 2. The Morgan fingerprint density at radius 3 is 2.69 bits per heavy atom. The maximum absolute atomic E-state index is 14.2. The fourth-order valence-corrected chi connectivity index (χ4v) is 8.92. The first-order chi connectivity index (χ1) is 26.1. The fourth-order valence-electron chi connectivity index (χ4n) is 8.92. The van der Waals surface area contributed by atoms with Crippen molar-refractivity contribution in [2.45, 2.75) is 64.3 Å². The summed E-state index contributed by atoms with van der Waals surface area (Å²) in [5.74, 6) is 1.01. The smallest absolute Gasteiger partial charge is 0.249 e. The molecule has 7 heterocycles. The van der Waals surface area contributed by atoms with Crippen LogP contribution in [0.15, 0.2) is 69.8 Å². The lowest BCUT2D eigenvalue weighted by atomic mass is 9.72. The third-order valence-electron chi connectivity index (χ3n) is 11.6. The molecule has 0 saturated carbocycles. The summed E-state index contributed by atoms with van der Waals surface area (Å²) >= 11 is 0. The molecule has 0 radical (unpaired) electrons. The van der Waals surface area contributed by atoms with Gasteiger partial charge in [0, 0.05) is 51.9 Å². The summed E-state index contributed by atoms with van der Waals surface area (Å²) in [5, 5.41) is 18.6. The summed E-state index contributed by atoms with van der Waals surface area (Å²) < 4.78 is 26.3. The summed E-state index contributed by atoms with van der Waals surface area (Å²) in [4.78, 5) is 40.9. The number of aromatic amines is 1. The van der Waals surface area contributed by atoms with Crippen molar-refractivity contribution in [1.82, 2.24) is 20.3 Å². The molecule has 3 aromatic carbocycles. The molecule has 2 unspecified atom stereocenters. The molecule has 3 aromatic heterocycles. The second-order valence-electron chi connectivity index (χ2n) is 15.5. The Morgan fingerprint density at radius 2 is 1.89 bits per heavy atom. The number of ketones is 1. The number of aliphatic hydroxyl groups excluding tert-OH is 1. The van der Waals surface area contributed by atoms with Gasteiger partial charge in [0.25, 0.3) is 0 Å². The Morgan fingerprint density at radius 1 is 1.04 bits per heavy atom. The summed E-state index contributed by atoms with van der Waals surface area (Å²) in [7, 11) is 1.65. The molecule has 12 heteroatoms. The van der Waals surface area contributed by atoms with Gasteiger partial charge in [-0.3, -0.25) is 9.59 Å². The minimum atomic E-state index is -1.17. The van der Waals surface area contributed by atoms with Gasteiger partial charge in [0.2, 0.25) is 17.7 Å². The number of Topliss-reactive ketones (excluding diaryl/α,β-unsaturated/α-hetero) is 1. The standard InChI is InChI=1S/C42H39N5O7/c1-18(2)32-40-46-35-37(54-40)42-25-8-6-7-23(22-10-12-29(51-5)34-31(22)24(16-43-34)30-17-44-39(35)52-30)33(25)47-41(42)53-28-11-9-20(14-26(28)42)13-21(38(50)45-32)15-27(48)36(49)19(3)4/h6-12,14,16-19,21,32,36,41,43,47,49H,13,15H2,1-5H3,(H,45,50)/t21?,32-,36-,41-,42?/m0/s1. The van der Waals surface area contributed by atoms with Gasteiger partial charge in [0.15, 0.2) is 29.2 Å². The molecule has 1 amide bonds. The number of nitrogens with zero attached hydrogens (tertiary/aromatic N) is 2. The van der Waals surface area contributed by atoms with Gasteiger partial charge in [0.05, 0.1) is 18.8 Å². The van der Waals surface area contributed by atoms with Gasteiger partial charge in [-0.2, -0.15) is 0 Å². The summed E-state index contributed by atoms with van der Waals surface area (Å²) in [6.07, 6.45) is 1.92. The molecule has 12 nitrogen and oxygen atoms in total. The number of oxazole rings is 2. The van der Waals surface area contributed by atoms with E-state index in [4.69, 9.17) is 28.3 Å². The van der Waals surface area contributed by atoms with Gasteiger partial charge in [-0.25, -0.2) is 9.97 Å². The number of carbonyl (C=O) groups is 2. The number of methoxy groups -OCH3 is 1. The number of rotatable bonds is 6. The normalized spacial score (nSPS) is 22.2. The first kappa shape index (κ1) is 32.7. The van der Waals surface area contributed by atoms with E-state index in [0.29, 0.717) is 28.7 Å². The zero-order valence-electron chi connectivity index (χ0n) is 30.4. The second-order valence-corrected chi connectivity index (χ2v) is 15.5. The largest absolute Gasteiger partial charge is 0.495 e. The third-order valence-corrected chi connectivity index (χ3v) is 11.6. The number of hydrogen-bond donors (Lipinski definition) is 4. The van der Waals surface area contributed by atoms with Crippen molar-refractivity contribution in [3.63, 3.8) is 0 Å². The van der Waals surface area contributed by atoms with E-state index in [9.17, 15) is 14.7 Å². The summed E-state index contributed by atoms with van der Waals surface area (Å²) in [5.41, 5.74) is 6.35. The number of fused-ring (bicyclic) bond motifs is 7. The molecule has 4 aliphatic rings. The van der Waals surface area contributed by atoms with Crippen LogP contribution in [0.25, 0.3) is 44.9 Å². The van der Waals surface area contributed by atoms with Crippen LogP contribution in [0, 0.1) is 17.8 Å². The van der Waals surface area contributed by atoms with E-state index in [0.717, 1.165) is 50.0 Å². The first-order valence-electron chi connectivity index (χ1n) is 18.5. The molecule has 1 spiro atoms. The van der Waals surface area contributed by atoms with E-state index in [-0.39, 0.29) is 48.1 Å². The zero-order valence-corrected chi connectivity index (χ0v) is 30.4. The summed E-state index contributed by atoms with van der Waals surface area (Å²) in [6, 6.07) is 15.5. The topological polar surface area (TPSA) is 165 Å². The van der Waals surface area contributed by atoms with Gasteiger partial charge in [-0.05, 0) is 47.6 Å². The molecule has 274 valence electrons. The molecule has 4 aliphatic heterocycles. The lowest BCUT2D eigenvalue weighted by Crippen LogP contribution is -2.41. The predicted molar refractivity (Wildman–Crippen MR) is 199 cm³/mol. The monoisotopic (exact) mass is 725 g/mol. The van der Waals surface area contributed by atoms with Crippen LogP contribution in [0.5, 0.6) is 11.5 Å². The van der Waals surface area contributed by atoms with E-state index in [1.54, 1.807) is 27.2 Å². The maximum atomic E-state index is 14.2. The number of amides is 1. The number of nitrogens with one attached hydrogen (secondary N) is 3. The molecular weight excluding hydrogens is 686 g/mol. The van der Waals surface area contributed by atoms with Gasteiger partial charge < -0.3 is 39.0 Å². The number of aromatic nitrogens is 3. The van der Waals surface area contributed by atoms with Crippen LogP contribution in [-0.2, 0) is 21.4 Å². The lowest BCUT2D eigenvalue weighted by molar-refractivity contribution is -0.135. The second kappa shape index (κ2) is 11.6. The fraction of sp³-hybridized carbons (Fsp3) is 0.333. The highest BCUT2D eigenvalue weighted by molar-refractivity contribution is 6.09. The molecule has 4 N–H and O–H groups in total. The quantitative estimate of drug-likeness (QED) is 0.142. The van der Waals surface area contributed by atoms with E-state index in [1.807, 2.05) is 38.2 Å². The molecule has 0 aliphatic carbocycles. The molecule has 0 fully saturated rings. The molecular formula is C42H39N5O7. The highest BCUT2D eigenvalue weighted by Crippen LogP contribution is 2.61. The first-order valence-corrected chi connectivity index (χ1v) is 18.5. The van der Waals surface area contributed by atoms with Crippen LogP contribution in [0.1, 0.15) is 68.5 Å². The number of anilines is 1. The number of benzene rings is 3. The average Bonchev–Trinajstić information content (AvgIpc) is 3.98. The minimum absolute atomic E-state index is 0.122. The number of para-hydroxylation sites is 1. The third kappa shape index (κ3) is 4.40. The van der Waals surface area contributed by atoms with Crippen molar-refractivity contribution < 1.29 is 33.0 Å². The van der Waals surface area contributed by atoms with Crippen LogP contribution in [0.3, 0.4) is 0 Å². The Balaban J connectivity index is 1.28. The van der Waals surface area contributed by atoms with Crippen molar-refractivity contribution in [3.8, 4) is 45.5 Å². The van der Waals surface area contributed by atoms with Crippen molar-refractivity contribution in [2.24, 2.45) is 17.8 Å². The molecule has 6 aromatic rings. The van der Waals surface area contributed by atoms with Crippen LogP contribution >= 0.6 is 0 Å². The Kier molecular flexibility index (Phi) is 7.01. The molecule has 0 saturated heterocycles. The zero-order chi connectivity index (χ0) is 37.2. The minimum Gasteiger partial charge on any atom is -0.495 e. The van der Waals surface area contributed by atoms with Crippen LogP contribution in [0.4, 0.5) is 5.69 Å². The number of carbonyl (C=O) groups excluding carboxylic acids is 2. The van der Waals surface area contributed by atoms with E-state index >= 15 is 0 Å². The molecule has 10 bridgehead atoms. The number of aliphatic hydroxyl groups is 1. The van der Waals surface area contributed by atoms with Crippen LogP contribution in [0.2, 0.25) is 0 Å². The van der Waals surface area contributed by atoms with Crippen LogP contribution < -0.4 is 20.1 Å². The number of H-pyrrole nitrogens is 1. The van der Waals surface area contributed by atoms with E-state index in [2.05, 4.69) is 45.9 Å². The Labute approximate surface area is 310 Å². The van der Waals surface area contributed by atoms with Crippen molar-refractivity contribution >= 4 is 28.3 Å². The van der Waals surface area contributed by atoms with Gasteiger partial charge >= 0.3 is 0 Å². The molecule has 10 rings (SSSR count). The summed E-state index contributed by atoms with van der Waals surface area (Å²) in [6.45, 7) is 7.54. The van der Waals surface area contributed by atoms with Crippen LogP contribution in [-0.4, -0.2) is 51.2 Å². The number of hydrogen-bond acceptors (Lipinski definition) is 10. The average molecular weight is 726 g/mol.